The van der Waals surface area contributed by atoms with Crippen LogP contribution in [0.4, 0.5) is 5.69 Å². The summed E-state index contributed by atoms with van der Waals surface area (Å²) in [4.78, 5) is 26.5. The molecule has 0 saturated carbocycles. The van der Waals surface area contributed by atoms with Gasteiger partial charge in [-0.1, -0.05) is 23.2 Å². The Kier molecular flexibility index (Phi) is 6.34. The van der Waals surface area contributed by atoms with E-state index in [-0.39, 0.29) is 22.7 Å². The van der Waals surface area contributed by atoms with E-state index < -0.39 is 5.91 Å². The van der Waals surface area contributed by atoms with Crippen molar-refractivity contribution in [3.63, 3.8) is 0 Å². The molecular formula is C18H18Cl2N2O4. The molecule has 0 radical (unpaired) electrons. The molecule has 0 unspecified atom stereocenters. The third-order valence-corrected chi connectivity index (χ3v) is 3.97. The van der Waals surface area contributed by atoms with Crippen molar-refractivity contribution < 1.29 is 19.1 Å². The number of amides is 2. The van der Waals surface area contributed by atoms with Gasteiger partial charge in [0.25, 0.3) is 11.8 Å². The average molecular weight is 397 g/mol. The summed E-state index contributed by atoms with van der Waals surface area (Å²) in [6.07, 6.45) is 0. The third kappa shape index (κ3) is 4.39. The monoisotopic (exact) mass is 396 g/mol. The van der Waals surface area contributed by atoms with Gasteiger partial charge in [0.15, 0.2) is 11.5 Å². The van der Waals surface area contributed by atoms with Crippen LogP contribution in [0.3, 0.4) is 0 Å². The Balaban J connectivity index is 2.49. The summed E-state index contributed by atoms with van der Waals surface area (Å²) in [5.41, 5.74) is 0.803. The van der Waals surface area contributed by atoms with Gasteiger partial charge in [-0.3, -0.25) is 9.59 Å². The molecule has 0 aromatic heterocycles. The van der Waals surface area contributed by atoms with Gasteiger partial charge in [-0.25, -0.2) is 0 Å². The summed E-state index contributed by atoms with van der Waals surface area (Å²) in [6, 6.07) is 7.53. The highest BCUT2D eigenvalue weighted by atomic mass is 35.5. The van der Waals surface area contributed by atoms with E-state index in [2.05, 4.69) is 5.32 Å². The molecule has 0 fully saturated rings. The number of nitrogens with zero attached hydrogens (tertiary/aromatic N) is 1. The molecule has 0 aliphatic carbocycles. The molecule has 2 rings (SSSR count). The standard InChI is InChI=1S/C18H18Cl2N2O4/c1-22(2)18(24)13-8-15(25-3)16(26-4)9-14(13)21-17(23)10-5-11(19)7-12(20)6-10/h5-9H,1-4H3,(H,21,23). The molecule has 0 bridgehead atoms. The summed E-state index contributed by atoms with van der Waals surface area (Å²) < 4.78 is 10.5. The lowest BCUT2D eigenvalue weighted by molar-refractivity contribution is 0.0828. The molecule has 2 amide bonds. The quantitative estimate of drug-likeness (QED) is 0.829. The Morgan fingerprint density at radius 3 is 1.96 bits per heavy atom. The molecule has 138 valence electrons. The predicted molar refractivity (Wildman–Crippen MR) is 102 cm³/mol. The van der Waals surface area contributed by atoms with Crippen molar-refractivity contribution >= 4 is 40.7 Å². The molecule has 8 heteroatoms. The first-order chi connectivity index (χ1) is 12.3. The largest absolute Gasteiger partial charge is 0.493 e. The van der Waals surface area contributed by atoms with Gasteiger partial charge in [0, 0.05) is 35.8 Å². The third-order valence-electron chi connectivity index (χ3n) is 3.53. The summed E-state index contributed by atoms with van der Waals surface area (Å²) in [5.74, 6) is -0.0106. The number of benzene rings is 2. The number of carbonyl (C=O) groups is 2. The van der Waals surface area contributed by atoms with Gasteiger partial charge in [0.2, 0.25) is 0 Å². The topological polar surface area (TPSA) is 67.9 Å². The highest BCUT2D eigenvalue weighted by Crippen LogP contribution is 2.34. The highest BCUT2D eigenvalue weighted by molar-refractivity contribution is 6.35. The number of halogens is 2. The number of carbonyl (C=O) groups excluding carboxylic acids is 2. The van der Waals surface area contributed by atoms with Crippen LogP contribution in [0.5, 0.6) is 11.5 Å². The van der Waals surface area contributed by atoms with Crippen LogP contribution in [0.1, 0.15) is 20.7 Å². The van der Waals surface area contributed by atoms with Crippen molar-refractivity contribution in [3.05, 3.63) is 51.5 Å². The molecule has 0 atom stereocenters. The maximum absolute atomic E-state index is 12.6. The average Bonchev–Trinajstić information content (AvgIpc) is 2.59. The minimum Gasteiger partial charge on any atom is -0.493 e. The summed E-state index contributed by atoms with van der Waals surface area (Å²) in [5, 5.41) is 3.37. The van der Waals surface area contributed by atoms with Crippen LogP contribution >= 0.6 is 23.2 Å². The minimum atomic E-state index is -0.463. The van der Waals surface area contributed by atoms with Crippen LogP contribution in [0.25, 0.3) is 0 Å². The van der Waals surface area contributed by atoms with Crippen LogP contribution in [0.15, 0.2) is 30.3 Å². The second kappa shape index (κ2) is 8.29. The van der Waals surface area contributed by atoms with Gasteiger partial charge < -0.3 is 19.7 Å². The van der Waals surface area contributed by atoms with Gasteiger partial charge in [-0.2, -0.15) is 0 Å². The molecule has 1 N–H and O–H groups in total. The van der Waals surface area contributed by atoms with Crippen LogP contribution in [0, 0.1) is 0 Å². The van der Waals surface area contributed by atoms with Crippen molar-refractivity contribution in [2.24, 2.45) is 0 Å². The fraction of sp³-hybridized carbons (Fsp3) is 0.222. The first-order valence-corrected chi connectivity index (χ1v) is 8.27. The van der Waals surface area contributed by atoms with E-state index in [1.807, 2.05) is 0 Å². The zero-order chi connectivity index (χ0) is 19.4. The maximum atomic E-state index is 12.6. The van der Waals surface area contributed by atoms with Gasteiger partial charge in [0.05, 0.1) is 25.5 Å². The van der Waals surface area contributed by atoms with E-state index in [9.17, 15) is 9.59 Å². The number of rotatable bonds is 5. The normalized spacial score (nSPS) is 10.2. The highest BCUT2D eigenvalue weighted by Gasteiger charge is 2.20. The summed E-state index contributed by atoms with van der Waals surface area (Å²) in [7, 11) is 6.16. The van der Waals surface area contributed by atoms with E-state index in [4.69, 9.17) is 32.7 Å². The van der Waals surface area contributed by atoms with Crippen molar-refractivity contribution in [1.82, 2.24) is 4.90 Å². The van der Waals surface area contributed by atoms with Gasteiger partial charge in [0.1, 0.15) is 0 Å². The lowest BCUT2D eigenvalue weighted by Gasteiger charge is -2.18. The second-order valence-corrected chi connectivity index (χ2v) is 6.44. The zero-order valence-electron chi connectivity index (χ0n) is 14.7. The van der Waals surface area contributed by atoms with E-state index in [1.54, 1.807) is 14.1 Å². The van der Waals surface area contributed by atoms with Crippen molar-refractivity contribution in [1.29, 1.82) is 0 Å². The van der Waals surface area contributed by atoms with Gasteiger partial charge in [-0.05, 0) is 24.3 Å². The lowest BCUT2D eigenvalue weighted by atomic mass is 10.1. The lowest BCUT2D eigenvalue weighted by Crippen LogP contribution is -2.24. The number of ether oxygens (including phenoxy) is 2. The molecule has 0 spiro atoms. The van der Waals surface area contributed by atoms with Crippen LogP contribution in [0.2, 0.25) is 10.0 Å². The molecule has 2 aromatic carbocycles. The minimum absolute atomic E-state index is 0.258. The van der Waals surface area contributed by atoms with Crippen LogP contribution in [-0.2, 0) is 0 Å². The molecule has 0 aliphatic heterocycles. The smallest absolute Gasteiger partial charge is 0.255 e. The summed E-state index contributed by atoms with van der Waals surface area (Å²) in [6.45, 7) is 0. The first kappa shape index (κ1) is 19.9. The number of hydrogen-bond acceptors (Lipinski definition) is 4. The zero-order valence-corrected chi connectivity index (χ0v) is 16.2. The number of anilines is 1. The molecule has 0 aliphatic rings. The van der Waals surface area contributed by atoms with Gasteiger partial charge >= 0.3 is 0 Å². The van der Waals surface area contributed by atoms with Crippen LogP contribution < -0.4 is 14.8 Å². The SMILES string of the molecule is COc1cc(NC(=O)c2cc(Cl)cc(Cl)c2)c(C(=O)N(C)C)cc1OC. The van der Waals surface area contributed by atoms with Gasteiger partial charge in [-0.15, -0.1) is 0 Å². The Labute approximate surface area is 161 Å². The second-order valence-electron chi connectivity index (χ2n) is 5.56. The Hall–Kier alpha value is -2.44. The van der Waals surface area contributed by atoms with E-state index in [1.165, 1.54) is 49.5 Å². The molecule has 0 heterocycles. The molecule has 6 nitrogen and oxygen atoms in total. The van der Waals surface area contributed by atoms with E-state index in [0.717, 1.165) is 0 Å². The Morgan fingerprint density at radius 1 is 0.923 bits per heavy atom. The molecule has 2 aromatic rings. The molecule has 0 saturated heterocycles. The summed E-state index contributed by atoms with van der Waals surface area (Å²) >= 11 is 11.9. The van der Waals surface area contributed by atoms with Crippen molar-refractivity contribution in [2.45, 2.75) is 0 Å². The number of methoxy groups -OCH3 is 2. The Morgan fingerprint density at radius 2 is 1.46 bits per heavy atom. The van der Waals surface area contributed by atoms with E-state index in [0.29, 0.717) is 21.5 Å². The fourth-order valence-corrected chi connectivity index (χ4v) is 2.81. The molecule has 26 heavy (non-hydrogen) atoms. The fourth-order valence-electron chi connectivity index (χ4n) is 2.28. The maximum Gasteiger partial charge on any atom is 0.255 e. The van der Waals surface area contributed by atoms with Crippen molar-refractivity contribution in [3.8, 4) is 11.5 Å². The number of nitrogens with one attached hydrogen (secondary N) is 1. The van der Waals surface area contributed by atoms with E-state index >= 15 is 0 Å². The predicted octanol–water partition coefficient (Wildman–Crippen LogP) is 3.96. The van der Waals surface area contributed by atoms with Crippen molar-refractivity contribution in [2.75, 3.05) is 33.6 Å². The molecular weight excluding hydrogens is 379 g/mol. The Bertz CT molecular complexity index is 833. The first-order valence-electron chi connectivity index (χ1n) is 7.52. The van der Waals surface area contributed by atoms with Crippen LogP contribution in [-0.4, -0.2) is 45.0 Å². The number of hydrogen-bond donors (Lipinski definition) is 1.